The van der Waals surface area contributed by atoms with Crippen molar-refractivity contribution in [1.29, 1.82) is 0 Å². The van der Waals surface area contributed by atoms with Crippen LogP contribution in [0.1, 0.15) is 11.1 Å². The summed E-state index contributed by atoms with van der Waals surface area (Å²) in [5.41, 5.74) is 0.828. The van der Waals surface area contributed by atoms with Crippen molar-refractivity contribution in [3.05, 3.63) is 120 Å². The fraction of sp³-hybridized carbons (Fsp3) is 0.0625. The fourth-order valence-electron chi connectivity index (χ4n) is 4.98. The highest BCUT2D eigenvalue weighted by molar-refractivity contribution is 6.11. The maximum absolute atomic E-state index is 13.3. The van der Waals surface area contributed by atoms with Gasteiger partial charge in [-0.1, -0.05) is 60.7 Å². The monoisotopic (exact) mass is 516 g/mol. The van der Waals surface area contributed by atoms with Crippen molar-refractivity contribution < 1.29 is 26.3 Å². The minimum atomic E-state index is -4.48. The normalized spacial score (nSPS) is 12.5. The Labute approximate surface area is 213 Å². The minimum Gasteiger partial charge on any atom is -0.166 e. The van der Waals surface area contributed by atoms with Gasteiger partial charge in [-0.3, -0.25) is 0 Å². The zero-order chi connectivity index (χ0) is 26.7. The van der Waals surface area contributed by atoms with Crippen molar-refractivity contribution in [3.63, 3.8) is 0 Å². The third-order valence-corrected chi connectivity index (χ3v) is 6.87. The van der Waals surface area contributed by atoms with Crippen LogP contribution in [0.15, 0.2) is 109 Å². The summed E-state index contributed by atoms with van der Waals surface area (Å²) in [6.07, 6.45) is -8.95. The number of benzene rings is 6. The van der Waals surface area contributed by atoms with Gasteiger partial charge in [0.2, 0.25) is 0 Å². The Bertz CT molecular complexity index is 1810. The molecule has 6 rings (SSSR count). The average molecular weight is 516 g/mol. The summed E-state index contributed by atoms with van der Waals surface area (Å²) in [4.78, 5) is 0. The summed E-state index contributed by atoms with van der Waals surface area (Å²) in [6, 6.07) is 29.5. The molecule has 0 aliphatic carbocycles. The Kier molecular flexibility index (Phi) is 5.45. The van der Waals surface area contributed by atoms with Gasteiger partial charge in [0.05, 0.1) is 11.1 Å². The lowest BCUT2D eigenvalue weighted by Crippen LogP contribution is -2.04. The Hall–Kier alpha value is -4.32. The first-order valence-electron chi connectivity index (χ1n) is 11.8. The van der Waals surface area contributed by atoms with Crippen molar-refractivity contribution in [1.82, 2.24) is 0 Å². The van der Waals surface area contributed by atoms with Gasteiger partial charge in [0.25, 0.3) is 0 Å². The van der Waals surface area contributed by atoms with Gasteiger partial charge in [0.1, 0.15) is 0 Å². The summed E-state index contributed by atoms with van der Waals surface area (Å²) in [6.45, 7) is 0. The lowest BCUT2D eigenvalue weighted by atomic mass is 9.88. The van der Waals surface area contributed by atoms with Crippen LogP contribution in [-0.4, -0.2) is 0 Å². The molecule has 0 saturated heterocycles. The van der Waals surface area contributed by atoms with Crippen LogP contribution in [0.2, 0.25) is 0 Å². The molecule has 0 aliphatic heterocycles. The number of hydrogen-bond donors (Lipinski definition) is 0. The molecular formula is C32H18F6. The Balaban J connectivity index is 1.63. The lowest BCUT2D eigenvalue weighted by molar-refractivity contribution is -0.138. The van der Waals surface area contributed by atoms with Crippen molar-refractivity contribution >= 4 is 32.3 Å². The molecular weight excluding hydrogens is 498 g/mol. The van der Waals surface area contributed by atoms with Gasteiger partial charge in [0.15, 0.2) is 0 Å². The summed E-state index contributed by atoms with van der Waals surface area (Å²) in [7, 11) is 0. The van der Waals surface area contributed by atoms with E-state index in [2.05, 4.69) is 12.1 Å². The third-order valence-electron chi connectivity index (χ3n) is 6.87. The number of hydrogen-bond acceptors (Lipinski definition) is 0. The number of fused-ring (bicyclic) bond motifs is 3. The van der Waals surface area contributed by atoms with Crippen LogP contribution in [0, 0.1) is 0 Å². The third kappa shape index (κ3) is 4.26. The molecule has 0 aromatic heterocycles. The van der Waals surface area contributed by atoms with E-state index < -0.39 is 23.5 Å². The molecule has 0 atom stereocenters. The predicted octanol–water partition coefficient (Wildman–Crippen LogP) is 10.5. The Morgan fingerprint density at radius 1 is 0.395 bits per heavy atom. The summed E-state index contributed by atoms with van der Waals surface area (Å²) in [5.74, 6) is 0. The molecule has 0 bridgehead atoms. The van der Waals surface area contributed by atoms with Crippen molar-refractivity contribution in [2.45, 2.75) is 12.4 Å². The van der Waals surface area contributed by atoms with E-state index in [9.17, 15) is 26.3 Å². The highest BCUT2D eigenvalue weighted by atomic mass is 19.4. The molecule has 0 nitrogen and oxygen atoms in total. The fourth-order valence-corrected chi connectivity index (χ4v) is 4.98. The van der Waals surface area contributed by atoms with E-state index in [1.165, 1.54) is 24.3 Å². The first-order valence-corrected chi connectivity index (χ1v) is 11.8. The van der Waals surface area contributed by atoms with Crippen molar-refractivity contribution in [2.75, 3.05) is 0 Å². The molecule has 6 aromatic carbocycles. The molecule has 6 aromatic rings. The van der Waals surface area contributed by atoms with Crippen LogP contribution in [0.25, 0.3) is 54.6 Å². The molecule has 0 spiro atoms. The second-order valence-electron chi connectivity index (χ2n) is 9.26. The highest BCUT2D eigenvalue weighted by Crippen LogP contribution is 2.42. The van der Waals surface area contributed by atoms with E-state index in [-0.39, 0.29) is 0 Å². The van der Waals surface area contributed by atoms with E-state index in [1.54, 1.807) is 0 Å². The first-order chi connectivity index (χ1) is 18.1. The summed E-state index contributed by atoms with van der Waals surface area (Å²) >= 11 is 0. The maximum atomic E-state index is 13.3. The molecule has 0 fully saturated rings. The van der Waals surface area contributed by atoms with E-state index in [4.69, 9.17) is 0 Å². The topological polar surface area (TPSA) is 0 Å². The second-order valence-corrected chi connectivity index (χ2v) is 9.26. The van der Waals surface area contributed by atoms with E-state index in [0.29, 0.717) is 22.3 Å². The van der Waals surface area contributed by atoms with Gasteiger partial charge in [-0.15, -0.1) is 0 Å². The quantitative estimate of drug-likeness (QED) is 0.159. The number of halogens is 6. The van der Waals surface area contributed by atoms with E-state index in [0.717, 1.165) is 56.6 Å². The Morgan fingerprint density at radius 2 is 0.868 bits per heavy atom. The zero-order valence-electron chi connectivity index (χ0n) is 19.7. The molecule has 0 aliphatic rings. The minimum absolute atomic E-state index is 0.536. The van der Waals surface area contributed by atoms with Gasteiger partial charge in [-0.05, 0) is 103 Å². The smallest absolute Gasteiger partial charge is 0.166 e. The second kappa shape index (κ2) is 8.62. The first kappa shape index (κ1) is 24.0. The largest absolute Gasteiger partial charge is 0.416 e. The lowest BCUT2D eigenvalue weighted by Gasteiger charge is -2.17. The van der Waals surface area contributed by atoms with Crippen LogP contribution in [-0.2, 0) is 12.4 Å². The van der Waals surface area contributed by atoms with Crippen LogP contribution < -0.4 is 0 Å². The average Bonchev–Trinajstić information content (AvgIpc) is 2.89. The van der Waals surface area contributed by atoms with E-state index >= 15 is 0 Å². The molecule has 188 valence electrons. The van der Waals surface area contributed by atoms with Crippen molar-refractivity contribution in [3.8, 4) is 22.3 Å². The van der Waals surface area contributed by atoms with Crippen molar-refractivity contribution in [2.24, 2.45) is 0 Å². The summed E-state index contributed by atoms with van der Waals surface area (Å²) < 4.78 is 79.3. The standard InChI is InChI=1S/C32H18F6/c33-31(34,35)26-10-5-19(6-11-26)28-14-9-23-17-24-15-21-3-1-2-4-22(21)16-25(24)18-29(23)30(28)20-7-12-27(13-8-20)32(36,37)38/h1-18H. The van der Waals surface area contributed by atoms with E-state index in [1.807, 2.05) is 48.5 Å². The number of alkyl halides is 6. The molecule has 0 radical (unpaired) electrons. The maximum Gasteiger partial charge on any atom is 0.416 e. The molecule has 0 N–H and O–H groups in total. The van der Waals surface area contributed by atoms with Gasteiger partial charge in [-0.2, -0.15) is 26.3 Å². The molecule has 0 heterocycles. The number of rotatable bonds is 2. The summed E-state index contributed by atoms with van der Waals surface area (Å²) in [5, 5.41) is 5.77. The van der Waals surface area contributed by atoms with Gasteiger partial charge in [0, 0.05) is 0 Å². The zero-order valence-corrected chi connectivity index (χ0v) is 19.7. The molecule has 0 unspecified atom stereocenters. The predicted molar refractivity (Wildman–Crippen MR) is 140 cm³/mol. The van der Waals surface area contributed by atoms with Gasteiger partial charge in [-0.25, -0.2) is 0 Å². The van der Waals surface area contributed by atoms with Gasteiger partial charge >= 0.3 is 12.4 Å². The molecule has 0 saturated carbocycles. The molecule has 38 heavy (non-hydrogen) atoms. The van der Waals surface area contributed by atoms with Crippen LogP contribution in [0.5, 0.6) is 0 Å². The van der Waals surface area contributed by atoms with Crippen LogP contribution in [0.4, 0.5) is 26.3 Å². The van der Waals surface area contributed by atoms with Gasteiger partial charge < -0.3 is 0 Å². The highest BCUT2D eigenvalue weighted by Gasteiger charge is 2.31. The molecule has 6 heteroatoms. The SMILES string of the molecule is FC(F)(F)c1ccc(-c2ccc3cc4cc5ccccc5cc4cc3c2-c2ccc(C(F)(F)F)cc2)cc1. The van der Waals surface area contributed by atoms with Crippen LogP contribution >= 0.6 is 0 Å². The van der Waals surface area contributed by atoms with Crippen LogP contribution in [0.3, 0.4) is 0 Å². The Morgan fingerprint density at radius 3 is 1.39 bits per heavy atom. The molecule has 0 amide bonds.